The Kier molecular flexibility index (Phi) is 4.46. The average Bonchev–Trinajstić information content (AvgIpc) is 2.66. The van der Waals surface area contributed by atoms with E-state index in [2.05, 4.69) is 5.32 Å². The zero-order valence-corrected chi connectivity index (χ0v) is 11.9. The maximum absolute atomic E-state index is 12.2. The van der Waals surface area contributed by atoms with Crippen molar-refractivity contribution >= 4 is 21.6 Å². The maximum atomic E-state index is 12.2. The number of halogens is 3. The fraction of sp³-hybridized carbons (Fsp3) is 0.333. The van der Waals surface area contributed by atoms with Gasteiger partial charge < -0.3 is 5.32 Å². The van der Waals surface area contributed by atoms with Gasteiger partial charge in [0.2, 0.25) is 0 Å². The first-order chi connectivity index (χ1) is 9.23. The first kappa shape index (κ1) is 15.4. The number of hydrogen-bond donors (Lipinski definition) is 1. The molecule has 110 valence electrons. The lowest BCUT2D eigenvalue weighted by Gasteiger charge is -2.10. The largest absolute Gasteiger partial charge is 0.446 e. The number of alkyl halides is 3. The van der Waals surface area contributed by atoms with E-state index in [1.165, 1.54) is 17.5 Å². The second-order valence-corrected chi connectivity index (χ2v) is 7.41. The number of benzene rings is 1. The van der Waals surface area contributed by atoms with Gasteiger partial charge in [0.25, 0.3) is 0 Å². The van der Waals surface area contributed by atoms with Gasteiger partial charge in [-0.1, -0.05) is 18.2 Å². The summed E-state index contributed by atoms with van der Waals surface area (Å²) in [6.07, 6.45) is 1.57. The summed E-state index contributed by atoms with van der Waals surface area (Å²) >= 11 is -0.158. The Hall–Kier alpha value is -0.990. The van der Waals surface area contributed by atoms with E-state index < -0.39 is 15.3 Å². The van der Waals surface area contributed by atoms with Gasteiger partial charge in [-0.25, -0.2) is 8.42 Å². The first-order valence-electron chi connectivity index (χ1n) is 5.72. The van der Waals surface area contributed by atoms with Crippen LogP contribution in [-0.2, 0) is 16.4 Å². The van der Waals surface area contributed by atoms with Crippen molar-refractivity contribution in [1.29, 1.82) is 0 Å². The molecule has 1 unspecified atom stereocenters. The van der Waals surface area contributed by atoms with Crippen LogP contribution in [0.5, 0.6) is 0 Å². The standard InChI is InChI=1S/C12H12F3NO2S2/c13-12(14,15)19-11-3-1-9(2-4-11)7-16-10-5-6-20(17,18)8-10/h1-6,10,16H,7-8H2. The molecule has 2 rings (SSSR count). The molecule has 0 radical (unpaired) electrons. The first-order valence-corrected chi connectivity index (χ1v) is 8.26. The van der Waals surface area contributed by atoms with Crippen LogP contribution in [0.25, 0.3) is 0 Å². The highest BCUT2D eigenvalue weighted by molar-refractivity contribution is 8.00. The second kappa shape index (κ2) is 5.79. The molecule has 0 spiro atoms. The van der Waals surface area contributed by atoms with Crippen LogP contribution in [0.4, 0.5) is 13.2 Å². The monoisotopic (exact) mass is 323 g/mol. The number of nitrogens with one attached hydrogen (secondary N) is 1. The average molecular weight is 323 g/mol. The van der Waals surface area contributed by atoms with Crippen LogP contribution < -0.4 is 5.32 Å². The summed E-state index contributed by atoms with van der Waals surface area (Å²) in [6, 6.07) is 5.74. The van der Waals surface area contributed by atoms with E-state index in [0.717, 1.165) is 5.56 Å². The Morgan fingerprint density at radius 2 is 1.90 bits per heavy atom. The van der Waals surface area contributed by atoms with Gasteiger partial charge >= 0.3 is 5.51 Å². The SMILES string of the molecule is O=S1(=O)C=CC(NCc2ccc(SC(F)(F)F)cc2)C1. The third-order valence-electron chi connectivity index (χ3n) is 2.66. The fourth-order valence-corrected chi connectivity index (χ4v) is 3.57. The van der Waals surface area contributed by atoms with E-state index in [0.29, 0.717) is 6.54 Å². The number of rotatable bonds is 4. The Bertz CT molecular complexity index is 594. The number of sulfone groups is 1. The minimum absolute atomic E-state index is 0.0228. The van der Waals surface area contributed by atoms with Crippen molar-refractivity contribution in [1.82, 2.24) is 5.32 Å². The molecule has 0 saturated carbocycles. The third kappa shape index (κ3) is 4.84. The van der Waals surface area contributed by atoms with Gasteiger partial charge in [0.1, 0.15) is 0 Å². The molecule has 0 aromatic heterocycles. The van der Waals surface area contributed by atoms with Crippen LogP contribution >= 0.6 is 11.8 Å². The lowest BCUT2D eigenvalue weighted by Crippen LogP contribution is -2.29. The summed E-state index contributed by atoms with van der Waals surface area (Å²) in [4.78, 5) is 0.129. The Labute approximate surface area is 119 Å². The fourth-order valence-electron chi connectivity index (χ4n) is 1.76. The zero-order chi connectivity index (χ0) is 14.8. The Morgan fingerprint density at radius 3 is 2.40 bits per heavy atom. The van der Waals surface area contributed by atoms with Crippen LogP contribution in [0, 0.1) is 0 Å². The molecule has 3 nitrogen and oxygen atoms in total. The molecule has 0 aliphatic carbocycles. The maximum Gasteiger partial charge on any atom is 0.446 e. The lowest BCUT2D eigenvalue weighted by molar-refractivity contribution is -0.0328. The normalized spacial score (nSPS) is 21.2. The Morgan fingerprint density at radius 1 is 1.25 bits per heavy atom. The van der Waals surface area contributed by atoms with Crippen LogP contribution in [0.3, 0.4) is 0 Å². The molecule has 0 fully saturated rings. The highest BCUT2D eigenvalue weighted by atomic mass is 32.2. The van der Waals surface area contributed by atoms with Crippen molar-refractivity contribution in [2.24, 2.45) is 0 Å². The van der Waals surface area contributed by atoms with Crippen LogP contribution in [0.2, 0.25) is 0 Å². The lowest BCUT2D eigenvalue weighted by atomic mass is 10.2. The molecule has 1 aromatic rings. The molecule has 1 aliphatic rings. The van der Waals surface area contributed by atoms with Gasteiger partial charge in [-0.05, 0) is 29.5 Å². The molecule has 1 aliphatic heterocycles. The van der Waals surface area contributed by atoms with Crippen molar-refractivity contribution in [3.8, 4) is 0 Å². The van der Waals surface area contributed by atoms with E-state index in [1.807, 2.05) is 0 Å². The minimum Gasteiger partial charge on any atom is -0.305 e. The highest BCUT2D eigenvalue weighted by Crippen LogP contribution is 2.36. The van der Waals surface area contributed by atoms with Crippen molar-refractivity contribution < 1.29 is 21.6 Å². The predicted octanol–water partition coefficient (Wildman–Crippen LogP) is 2.70. The van der Waals surface area contributed by atoms with Crippen molar-refractivity contribution in [2.75, 3.05) is 5.75 Å². The van der Waals surface area contributed by atoms with Gasteiger partial charge in [0, 0.05) is 22.9 Å². The summed E-state index contributed by atoms with van der Waals surface area (Å²) in [7, 11) is -3.10. The van der Waals surface area contributed by atoms with Gasteiger partial charge in [-0.2, -0.15) is 13.2 Å². The molecule has 0 saturated heterocycles. The van der Waals surface area contributed by atoms with Crippen molar-refractivity contribution in [3.63, 3.8) is 0 Å². The number of thioether (sulfide) groups is 1. The summed E-state index contributed by atoms with van der Waals surface area (Å²) in [6.45, 7) is 0.404. The number of hydrogen-bond acceptors (Lipinski definition) is 4. The Balaban J connectivity index is 1.87. The van der Waals surface area contributed by atoms with E-state index in [-0.39, 0.29) is 28.5 Å². The predicted molar refractivity (Wildman–Crippen MR) is 71.9 cm³/mol. The molecule has 0 bridgehead atoms. The van der Waals surface area contributed by atoms with Crippen LogP contribution in [0.1, 0.15) is 5.56 Å². The molecule has 8 heteroatoms. The summed E-state index contributed by atoms with van der Waals surface area (Å²) < 4.78 is 58.8. The zero-order valence-electron chi connectivity index (χ0n) is 10.2. The van der Waals surface area contributed by atoms with Gasteiger partial charge in [0.05, 0.1) is 5.75 Å². The molecule has 0 amide bonds. The molecule has 1 heterocycles. The molecular formula is C12H12F3NO2S2. The molecular weight excluding hydrogens is 311 g/mol. The minimum atomic E-state index is -4.29. The molecule has 1 N–H and O–H groups in total. The van der Waals surface area contributed by atoms with E-state index in [9.17, 15) is 21.6 Å². The third-order valence-corrected chi connectivity index (χ3v) is 4.79. The smallest absolute Gasteiger partial charge is 0.305 e. The molecule has 20 heavy (non-hydrogen) atoms. The topological polar surface area (TPSA) is 46.2 Å². The van der Waals surface area contributed by atoms with Crippen LogP contribution in [0.15, 0.2) is 40.6 Å². The summed E-state index contributed by atoms with van der Waals surface area (Å²) in [5.74, 6) is 0.0228. The van der Waals surface area contributed by atoms with Crippen LogP contribution in [-0.4, -0.2) is 25.7 Å². The second-order valence-electron chi connectivity index (χ2n) is 4.34. The summed E-state index contributed by atoms with van der Waals surface area (Å²) in [5, 5.41) is 4.20. The van der Waals surface area contributed by atoms with Crippen molar-refractivity contribution in [2.45, 2.75) is 23.0 Å². The highest BCUT2D eigenvalue weighted by Gasteiger charge is 2.29. The molecule has 1 aromatic carbocycles. The van der Waals surface area contributed by atoms with E-state index in [1.54, 1.807) is 18.2 Å². The van der Waals surface area contributed by atoms with Crippen molar-refractivity contribution in [3.05, 3.63) is 41.3 Å². The van der Waals surface area contributed by atoms with E-state index in [4.69, 9.17) is 0 Å². The van der Waals surface area contributed by atoms with E-state index >= 15 is 0 Å². The van der Waals surface area contributed by atoms with Gasteiger partial charge in [-0.15, -0.1) is 0 Å². The summed E-state index contributed by atoms with van der Waals surface area (Å²) in [5.41, 5.74) is -3.49. The molecule has 1 atom stereocenters. The quantitative estimate of drug-likeness (QED) is 0.866. The van der Waals surface area contributed by atoms with Gasteiger partial charge in [-0.3, -0.25) is 0 Å². The van der Waals surface area contributed by atoms with Gasteiger partial charge in [0.15, 0.2) is 9.84 Å².